The van der Waals surface area contributed by atoms with Crippen molar-refractivity contribution in [2.75, 3.05) is 5.01 Å². The number of aromatic nitrogens is 1. The smallest absolute Gasteiger partial charge is 0.309 e. The van der Waals surface area contributed by atoms with Crippen LogP contribution in [0.3, 0.4) is 0 Å². The minimum Gasteiger partial charge on any atom is -0.481 e. The number of rotatable bonds is 3. The number of hydrazine groups is 1. The van der Waals surface area contributed by atoms with Crippen molar-refractivity contribution >= 4 is 17.5 Å². The molecule has 0 aliphatic rings. The molecule has 0 saturated carbocycles. The van der Waals surface area contributed by atoms with Crippen LogP contribution in [0.1, 0.15) is 12.6 Å². The van der Waals surface area contributed by atoms with Crippen molar-refractivity contribution in [1.29, 1.82) is 0 Å². The third-order valence-electron chi connectivity index (χ3n) is 1.96. The third kappa shape index (κ3) is 2.92. The Morgan fingerprint density at radius 2 is 2.31 bits per heavy atom. The average Bonchev–Trinajstić information content (AvgIpc) is 2.27. The van der Waals surface area contributed by atoms with E-state index in [2.05, 4.69) is 10.1 Å². The van der Waals surface area contributed by atoms with Gasteiger partial charge in [0.05, 0.1) is 24.0 Å². The summed E-state index contributed by atoms with van der Waals surface area (Å²) in [6, 6.07) is 3.24. The monoisotopic (exact) mass is 223 g/mol. The molecule has 1 aromatic rings. The minimum absolute atomic E-state index is 0.116. The standard InChI is InChI=1S/C9H13N5O2/c1-6(13-10)14(11)8-3-2-7(12-5-8)4-9(15)16/h2-3,5H,4,10-11H2,1H3,(H,15,16)/b13-6-. The van der Waals surface area contributed by atoms with Crippen molar-refractivity contribution in [1.82, 2.24) is 4.98 Å². The molecule has 0 spiro atoms. The number of hydrazone groups is 1. The van der Waals surface area contributed by atoms with Crippen LogP contribution in [0, 0.1) is 0 Å². The summed E-state index contributed by atoms with van der Waals surface area (Å²) in [7, 11) is 0. The van der Waals surface area contributed by atoms with Crippen LogP contribution in [-0.2, 0) is 11.2 Å². The Labute approximate surface area is 92.3 Å². The van der Waals surface area contributed by atoms with Gasteiger partial charge in [-0.25, -0.2) is 5.84 Å². The summed E-state index contributed by atoms with van der Waals surface area (Å²) in [4.78, 5) is 14.4. The zero-order chi connectivity index (χ0) is 12.1. The molecule has 16 heavy (non-hydrogen) atoms. The zero-order valence-corrected chi connectivity index (χ0v) is 8.79. The van der Waals surface area contributed by atoms with Crippen molar-refractivity contribution in [3.8, 4) is 0 Å². The second-order valence-electron chi connectivity index (χ2n) is 3.12. The summed E-state index contributed by atoms with van der Waals surface area (Å²) in [6.45, 7) is 1.64. The molecule has 0 bridgehead atoms. The van der Waals surface area contributed by atoms with Gasteiger partial charge in [-0.3, -0.25) is 14.8 Å². The van der Waals surface area contributed by atoms with Crippen LogP contribution in [0.25, 0.3) is 0 Å². The molecule has 0 unspecified atom stereocenters. The Balaban J connectivity index is 2.82. The first-order valence-electron chi connectivity index (χ1n) is 4.50. The maximum absolute atomic E-state index is 10.4. The van der Waals surface area contributed by atoms with E-state index in [4.69, 9.17) is 16.8 Å². The highest BCUT2D eigenvalue weighted by Crippen LogP contribution is 2.10. The second kappa shape index (κ2) is 5.08. The molecule has 7 heteroatoms. The Bertz CT molecular complexity index is 401. The quantitative estimate of drug-likeness (QED) is 0.280. The molecule has 0 aliphatic carbocycles. The van der Waals surface area contributed by atoms with Crippen molar-refractivity contribution in [2.45, 2.75) is 13.3 Å². The van der Waals surface area contributed by atoms with Gasteiger partial charge in [-0.05, 0) is 19.1 Å². The number of aliphatic carboxylic acids is 1. The summed E-state index contributed by atoms with van der Waals surface area (Å²) >= 11 is 0. The molecule has 0 aromatic carbocycles. The van der Waals surface area contributed by atoms with Crippen LogP contribution in [0.5, 0.6) is 0 Å². The molecular formula is C9H13N5O2. The summed E-state index contributed by atoms with van der Waals surface area (Å²) in [5, 5.41) is 13.3. The number of carboxylic acid groups (broad SMARTS) is 1. The number of carboxylic acids is 1. The van der Waals surface area contributed by atoms with Gasteiger partial charge in [0.15, 0.2) is 0 Å². The molecule has 5 N–H and O–H groups in total. The van der Waals surface area contributed by atoms with E-state index in [0.29, 0.717) is 17.2 Å². The predicted molar refractivity (Wildman–Crippen MR) is 59.5 cm³/mol. The van der Waals surface area contributed by atoms with E-state index in [9.17, 15) is 4.79 Å². The van der Waals surface area contributed by atoms with Crippen LogP contribution < -0.4 is 16.7 Å². The number of nitrogens with zero attached hydrogens (tertiary/aromatic N) is 3. The van der Waals surface area contributed by atoms with Crippen LogP contribution in [0.4, 0.5) is 5.69 Å². The van der Waals surface area contributed by atoms with Crippen molar-refractivity contribution < 1.29 is 9.90 Å². The van der Waals surface area contributed by atoms with E-state index in [1.165, 1.54) is 11.2 Å². The lowest BCUT2D eigenvalue weighted by Gasteiger charge is -2.16. The van der Waals surface area contributed by atoms with Gasteiger partial charge >= 0.3 is 5.97 Å². The van der Waals surface area contributed by atoms with E-state index in [0.717, 1.165) is 0 Å². The number of pyridine rings is 1. The first-order valence-corrected chi connectivity index (χ1v) is 4.50. The predicted octanol–water partition coefficient (Wildman–Crippen LogP) is -0.319. The Kier molecular flexibility index (Phi) is 3.78. The summed E-state index contributed by atoms with van der Waals surface area (Å²) in [6.07, 6.45) is 1.35. The van der Waals surface area contributed by atoms with Gasteiger partial charge in [0.2, 0.25) is 0 Å². The highest BCUT2D eigenvalue weighted by atomic mass is 16.4. The Morgan fingerprint density at radius 3 is 2.75 bits per heavy atom. The first kappa shape index (κ1) is 11.9. The molecule has 1 rings (SSSR count). The SMILES string of the molecule is C/C(=N/N)N(N)c1ccc(CC(=O)O)nc1. The summed E-state index contributed by atoms with van der Waals surface area (Å²) in [5.74, 6) is 10.2. The molecule has 0 radical (unpaired) electrons. The maximum atomic E-state index is 10.4. The van der Waals surface area contributed by atoms with E-state index in [-0.39, 0.29) is 6.42 Å². The molecular weight excluding hydrogens is 210 g/mol. The molecule has 0 saturated heterocycles. The molecule has 0 amide bonds. The lowest BCUT2D eigenvalue weighted by molar-refractivity contribution is -0.136. The molecule has 1 heterocycles. The fourth-order valence-electron chi connectivity index (χ4n) is 1.07. The molecule has 7 nitrogen and oxygen atoms in total. The van der Waals surface area contributed by atoms with Gasteiger partial charge in [0, 0.05) is 0 Å². The second-order valence-corrected chi connectivity index (χ2v) is 3.12. The molecule has 0 fully saturated rings. The van der Waals surface area contributed by atoms with Gasteiger partial charge in [-0.1, -0.05) is 0 Å². The fourth-order valence-corrected chi connectivity index (χ4v) is 1.07. The number of hydrogen-bond donors (Lipinski definition) is 3. The largest absolute Gasteiger partial charge is 0.481 e. The summed E-state index contributed by atoms with van der Waals surface area (Å²) in [5.41, 5.74) is 1.05. The fraction of sp³-hybridized carbons (Fsp3) is 0.222. The van der Waals surface area contributed by atoms with E-state index in [1.807, 2.05) is 0 Å². The topological polar surface area (TPSA) is 118 Å². The third-order valence-corrected chi connectivity index (χ3v) is 1.96. The van der Waals surface area contributed by atoms with Crippen LogP contribution in [0.2, 0.25) is 0 Å². The number of carbonyl (C=O) groups is 1. The van der Waals surface area contributed by atoms with Gasteiger partial charge in [-0.15, -0.1) is 0 Å². The van der Waals surface area contributed by atoms with Gasteiger partial charge in [0.1, 0.15) is 5.84 Å². The minimum atomic E-state index is -0.926. The highest BCUT2D eigenvalue weighted by molar-refractivity contribution is 5.94. The Hall–Kier alpha value is -2.15. The molecule has 0 atom stereocenters. The van der Waals surface area contributed by atoms with Crippen LogP contribution in [0.15, 0.2) is 23.4 Å². The molecule has 0 aliphatic heterocycles. The van der Waals surface area contributed by atoms with Gasteiger partial charge in [0.25, 0.3) is 0 Å². The Morgan fingerprint density at radius 1 is 1.62 bits per heavy atom. The van der Waals surface area contributed by atoms with Crippen LogP contribution >= 0.6 is 0 Å². The lowest BCUT2D eigenvalue weighted by atomic mass is 10.2. The van der Waals surface area contributed by atoms with Gasteiger partial charge in [-0.2, -0.15) is 5.10 Å². The van der Waals surface area contributed by atoms with E-state index < -0.39 is 5.97 Å². The van der Waals surface area contributed by atoms with Crippen molar-refractivity contribution in [3.63, 3.8) is 0 Å². The zero-order valence-electron chi connectivity index (χ0n) is 8.79. The van der Waals surface area contributed by atoms with E-state index >= 15 is 0 Å². The van der Waals surface area contributed by atoms with Crippen molar-refractivity contribution in [3.05, 3.63) is 24.0 Å². The van der Waals surface area contributed by atoms with Crippen molar-refractivity contribution in [2.24, 2.45) is 16.8 Å². The molecule has 86 valence electrons. The average molecular weight is 223 g/mol. The number of amidine groups is 1. The normalized spacial score (nSPS) is 11.2. The first-order chi connectivity index (χ1) is 7.54. The maximum Gasteiger partial charge on any atom is 0.309 e. The van der Waals surface area contributed by atoms with Crippen LogP contribution in [-0.4, -0.2) is 21.9 Å². The van der Waals surface area contributed by atoms with E-state index in [1.54, 1.807) is 19.1 Å². The van der Waals surface area contributed by atoms with Gasteiger partial charge < -0.3 is 10.9 Å². The lowest BCUT2D eigenvalue weighted by Crippen LogP contribution is -2.36. The number of hydrogen-bond acceptors (Lipinski definition) is 5. The number of anilines is 1. The summed E-state index contributed by atoms with van der Waals surface area (Å²) < 4.78 is 0. The highest BCUT2D eigenvalue weighted by Gasteiger charge is 2.06. The molecule has 1 aromatic heterocycles. The number of nitrogens with two attached hydrogens (primary N) is 2.